The molecule has 1 aliphatic rings. The van der Waals surface area contributed by atoms with Gasteiger partial charge in [0.2, 0.25) is 0 Å². The highest BCUT2D eigenvalue weighted by Gasteiger charge is 2.24. The van der Waals surface area contributed by atoms with Crippen LogP contribution in [0.5, 0.6) is 0 Å². The third kappa shape index (κ3) is 4.59. The van der Waals surface area contributed by atoms with Crippen LogP contribution in [0.2, 0.25) is 0 Å². The van der Waals surface area contributed by atoms with E-state index in [4.69, 9.17) is 0 Å². The lowest BCUT2D eigenvalue weighted by molar-refractivity contribution is 0.307. The summed E-state index contributed by atoms with van der Waals surface area (Å²) in [5, 5.41) is 3.64. The molecule has 2 nitrogen and oxygen atoms in total. The molecule has 108 valence electrons. The van der Waals surface area contributed by atoms with E-state index in [0.717, 1.165) is 19.0 Å². The summed E-state index contributed by atoms with van der Waals surface area (Å²) in [6.45, 7) is 16.0. The molecule has 1 aliphatic heterocycles. The van der Waals surface area contributed by atoms with Crippen LogP contribution in [0.3, 0.4) is 0 Å². The van der Waals surface area contributed by atoms with E-state index in [1.807, 2.05) is 11.3 Å². The molecule has 1 saturated heterocycles. The van der Waals surface area contributed by atoms with Gasteiger partial charge >= 0.3 is 0 Å². The Balaban J connectivity index is 1.79. The smallest absolute Gasteiger partial charge is 0.0328 e. The predicted molar refractivity (Wildman–Crippen MR) is 84.9 cm³/mol. The molecule has 19 heavy (non-hydrogen) atoms. The van der Waals surface area contributed by atoms with Gasteiger partial charge in [0.25, 0.3) is 0 Å². The summed E-state index contributed by atoms with van der Waals surface area (Å²) >= 11 is 1.96. The molecule has 1 aromatic heterocycles. The van der Waals surface area contributed by atoms with Gasteiger partial charge in [0.15, 0.2) is 0 Å². The number of nitrogens with zero attached hydrogens (tertiary/aromatic N) is 1. The van der Waals surface area contributed by atoms with Crippen molar-refractivity contribution in [3.05, 3.63) is 21.4 Å². The molecule has 0 saturated carbocycles. The van der Waals surface area contributed by atoms with Gasteiger partial charge in [-0.2, -0.15) is 0 Å². The van der Waals surface area contributed by atoms with E-state index in [2.05, 4.69) is 50.9 Å². The van der Waals surface area contributed by atoms with Gasteiger partial charge in [-0.3, -0.25) is 4.90 Å². The highest BCUT2D eigenvalue weighted by molar-refractivity contribution is 7.12. The molecular formula is C16H28N2S. The SMILES string of the molecule is Cc1cc(CN2CCC(CNC(C)(C)C)C2)sc1C. The molecule has 1 N–H and O–H groups in total. The molecule has 0 bridgehead atoms. The molecule has 0 radical (unpaired) electrons. The van der Waals surface area contributed by atoms with Crippen molar-refractivity contribution < 1.29 is 0 Å². The number of aryl methyl sites for hydroxylation is 2. The van der Waals surface area contributed by atoms with Crippen molar-refractivity contribution >= 4 is 11.3 Å². The molecular weight excluding hydrogens is 252 g/mol. The lowest BCUT2D eigenvalue weighted by Gasteiger charge is -2.23. The summed E-state index contributed by atoms with van der Waals surface area (Å²) in [5.41, 5.74) is 1.69. The standard InChI is InChI=1S/C16H28N2S/c1-12-8-15(19-13(12)2)11-18-7-6-14(10-18)9-17-16(3,4)5/h8,14,17H,6-7,9-11H2,1-5H3. The third-order valence-corrected chi connectivity index (χ3v) is 5.02. The summed E-state index contributed by atoms with van der Waals surface area (Å²) in [6, 6.07) is 2.36. The Morgan fingerprint density at radius 3 is 2.68 bits per heavy atom. The van der Waals surface area contributed by atoms with E-state index >= 15 is 0 Å². The van der Waals surface area contributed by atoms with Gasteiger partial charge < -0.3 is 5.32 Å². The normalized spacial score (nSPS) is 21.2. The Hall–Kier alpha value is -0.380. The minimum absolute atomic E-state index is 0.245. The fourth-order valence-electron chi connectivity index (χ4n) is 2.62. The number of nitrogens with one attached hydrogen (secondary N) is 1. The topological polar surface area (TPSA) is 15.3 Å². The minimum Gasteiger partial charge on any atom is -0.312 e. The minimum atomic E-state index is 0.245. The Morgan fingerprint density at radius 2 is 2.11 bits per heavy atom. The van der Waals surface area contributed by atoms with Gasteiger partial charge in [-0.05, 0) is 71.7 Å². The third-order valence-electron chi connectivity index (χ3n) is 3.89. The second-order valence-electron chi connectivity index (χ2n) is 6.97. The van der Waals surface area contributed by atoms with Crippen LogP contribution >= 0.6 is 11.3 Å². The summed E-state index contributed by atoms with van der Waals surface area (Å²) in [7, 11) is 0. The molecule has 1 atom stereocenters. The predicted octanol–water partition coefficient (Wildman–Crippen LogP) is 3.57. The molecule has 0 aromatic carbocycles. The first-order chi connectivity index (χ1) is 8.83. The molecule has 0 spiro atoms. The van der Waals surface area contributed by atoms with Crippen LogP contribution in [0.1, 0.15) is 42.5 Å². The second-order valence-corrected chi connectivity index (χ2v) is 8.31. The number of hydrogen-bond donors (Lipinski definition) is 1. The van der Waals surface area contributed by atoms with E-state index in [-0.39, 0.29) is 5.54 Å². The summed E-state index contributed by atoms with van der Waals surface area (Å²) in [6.07, 6.45) is 1.34. The number of rotatable bonds is 4. The molecule has 3 heteroatoms. The maximum absolute atomic E-state index is 3.64. The fraction of sp³-hybridized carbons (Fsp3) is 0.750. The van der Waals surface area contributed by atoms with E-state index < -0.39 is 0 Å². The van der Waals surface area contributed by atoms with Gasteiger partial charge in [-0.25, -0.2) is 0 Å². The zero-order chi connectivity index (χ0) is 14.0. The number of hydrogen-bond acceptors (Lipinski definition) is 3. The zero-order valence-corrected chi connectivity index (χ0v) is 13.9. The maximum atomic E-state index is 3.64. The number of likely N-dealkylation sites (tertiary alicyclic amines) is 1. The Kier molecular flexibility index (Phi) is 4.70. The molecule has 0 amide bonds. The van der Waals surface area contributed by atoms with Crippen molar-refractivity contribution in [2.45, 2.75) is 53.1 Å². The molecule has 2 rings (SSSR count). The van der Waals surface area contributed by atoms with E-state index in [1.165, 1.54) is 34.8 Å². The van der Waals surface area contributed by atoms with Crippen LogP contribution in [-0.4, -0.2) is 30.1 Å². The fourth-order valence-corrected chi connectivity index (χ4v) is 3.72. The van der Waals surface area contributed by atoms with Crippen LogP contribution in [0.4, 0.5) is 0 Å². The zero-order valence-electron chi connectivity index (χ0n) is 13.0. The average Bonchev–Trinajstić information content (AvgIpc) is 2.84. The lowest BCUT2D eigenvalue weighted by Crippen LogP contribution is -2.39. The summed E-state index contributed by atoms with van der Waals surface area (Å²) in [4.78, 5) is 5.61. The highest BCUT2D eigenvalue weighted by atomic mass is 32.1. The first-order valence-corrected chi connectivity index (χ1v) is 8.18. The van der Waals surface area contributed by atoms with Crippen LogP contribution in [0.15, 0.2) is 6.07 Å². The van der Waals surface area contributed by atoms with Gasteiger partial charge in [0.1, 0.15) is 0 Å². The van der Waals surface area contributed by atoms with Crippen LogP contribution in [-0.2, 0) is 6.54 Å². The first kappa shape index (κ1) is 15.0. The van der Waals surface area contributed by atoms with E-state index in [0.29, 0.717) is 0 Å². The van der Waals surface area contributed by atoms with Crippen LogP contribution in [0, 0.1) is 19.8 Å². The summed E-state index contributed by atoms with van der Waals surface area (Å²) in [5.74, 6) is 0.821. The Bertz CT molecular complexity index is 397. The Morgan fingerprint density at radius 1 is 1.37 bits per heavy atom. The van der Waals surface area contributed by atoms with Crippen molar-refractivity contribution in [2.24, 2.45) is 5.92 Å². The van der Waals surface area contributed by atoms with Crippen LogP contribution < -0.4 is 5.32 Å². The molecule has 1 aromatic rings. The second kappa shape index (κ2) is 5.94. The molecule has 1 fully saturated rings. The van der Waals surface area contributed by atoms with Crippen molar-refractivity contribution in [1.29, 1.82) is 0 Å². The maximum Gasteiger partial charge on any atom is 0.0328 e. The first-order valence-electron chi connectivity index (χ1n) is 7.37. The molecule has 0 aliphatic carbocycles. The van der Waals surface area contributed by atoms with Gasteiger partial charge in [-0.1, -0.05) is 0 Å². The average molecular weight is 280 g/mol. The van der Waals surface area contributed by atoms with Crippen molar-refractivity contribution in [3.8, 4) is 0 Å². The number of thiophene rings is 1. The van der Waals surface area contributed by atoms with Crippen molar-refractivity contribution in [3.63, 3.8) is 0 Å². The molecule has 2 heterocycles. The van der Waals surface area contributed by atoms with E-state index in [9.17, 15) is 0 Å². The van der Waals surface area contributed by atoms with Gasteiger partial charge in [-0.15, -0.1) is 11.3 Å². The van der Waals surface area contributed by atoms with Crippen molar-refractivity contribution in [1.82, 2.24) is 10.2 Å². The van der Waals surface area contributed by atoms with Crippen LogP contribution in [0.25, 0.3) is 0 Å². The summed E-state index contributed by atoms with van der Waals surface area (Å²) < 4.78 is 0. The lowest BCUT2D eigenvalue weighted by atomic mass is 10.1. The van der Waals surface area contributed by atoms with Gasteiger partial charge in [0.05, 0.1) is 0 Å². The monoisotopic (exact) mass is 280 g/mol. The van der Waals surface area contributed by atoms with Gasteiger partial charge in [0, 0.05) is 28.4 Å². The van der Waals surface area contributed by atoms with E-state index in [1.54, 1.807) is 0 Å². The highest BCUT2D eigenvalue weighted by Crippen LogP contribution is 2.25. The quantitative estimate of drug-likeness (QED) is 0.907. The van der Waals surface area contributed by atoms with Crippen molar-refractivity contribution in [2.75, 3.05) is 19.6 Å². The Labute approximate surface area is 122 Å². The largest absolute Gasteiger partial charge is 0.312 e. The molecule has 1 unspecified atom stereocenters.